The van der Waals surface area contributed by atoms with Crippen molar-refractivity contribution in [1.29, 1.82) is 0 Å². The van der Waals surface area contributed by atoms with Crippen LogP contribution >= 0.6 is 0 Å². The second-order valence-corrected chi connectivity index (χ2v) is 5.30. The van der Waals surface area contributed by atoms with Crippen molar-refractivity contribution < 1.29 is 23.5 Å². The van der Waals surface area contributed by atoms with Gasteiger partial charge in [0.25, 0.3) is 0 Å². The molecule has 0 saturated heterocycles. The Morgan fingerprint density at radius 2 is 1.74 bits per heavy atom. The summed E-state index contributed by atoms with van der Waals surface area (Å²) in [6.45, 7) is 6.42. The third kappa shape index (κ3) is 5.98. The average molecular weight is 364 g/mol. The summed E-state index contributed by atoms with van der Waals surface area (Å²) in [4.78, 5) is 22.0. The predicted octanol–water partition coefficient (Wildman–Crippen LogP) is 4.05. The number of hydrogen-bond acceptors (Lipinski definition) is 4. The Labute approximate surface area is 156 Å². The molecule has 0 bridgehead atoms. The van der Waals surface area contributed by atoms with Crippen LogP contribution in [0.25, 0.3) is 11.1 Å². The third-order valence-corrected chi connectivity index (χ3v) is 3.46. The van der Waals surface area contributed by atoms with E-state index in [9.17, 15) is 14.0 Å². The van der Waals surface area contributed by atoms with Gasteiger partial charge in [0.05, 0.1) is 12.0 Å². The summed E-state index contributed by atoms with van der Waals surface area (Å²) in [5.74, 6) is 4.52. The minimum absolute atomic E-state index is 0.00820. The lowest BCUT2D eigenvalue weighted by molar-refractivity contribution is -0.144. The number of esters is 1. The van der Waals surface area contributed by atoms with Crippen molar-refractivity contribution in [3.05, 3.63) is 79.2 Å². The van der Waals surface area contributed by atoms with Gasteiger partial charge in [-0.05, 0) is 41.5 Å². The SMILES string of the molecule is C=CC(=O)CC#Cc1ccc(-c2ccc(OCOC(=O)C=C)cc2)cc1F. The van der Waals surface area contributed by atoms with Crippen LogP contribution in [0.1, 0.15) is 12.0 Å². The number of ketones is 1. The van der Waals surface area contributed by atoms with E-state index in [4.69, 9.17) is 9.47 Å². The zero-order valence-electron chi connectivity index (χ0n) is 14.5. The Kier molecular flexibility index (Phi) is 7.09. The predicted molar refractivity (Wildman–Crippen MR) is 100 cm³/mol. The highest BCUT2D eigenvalue weighted by Gasteiger charge is 2.05. The summed E-state index contributed by atoms with van der Waals surface area (Å²) >= 11 is 0. The minimum atomic E-state index is -0.570. The Bertz CT molecular complexity index is 918. The van der Waals surface area contributed by atoms with Crippen molar-refractivity contribution >= 4 is 11.8 Å². The zero-order chi connectivity index (χ0) is 19.6. The average Bonchev–Trinajstić information content (AvgIpc) is 2.69. The van der Waals surface area contributed by atoms with Crippen LogP contribution in [0.15, 0.2) is 67.8 Å². The molecule has 0 atom stereocenters. The molecule has 0 heterocycles. The van der Waals surface area contributed by atoms with Gasteiger partial charge in [0, 0.05) is 6.08 Å². The summed E-state index contributed by atoms with van der Waals surface area (Å²) in [5.41, 5.74) is 1.68. The molecular weight excluding hydrogens is 347 g/mol. The number of hydrogen-bond donors (Lipinski definition) is 0. The molecule has 0 aliphatic carbocycles. The molecule has 0 saturated carbocycles. The molecule has 5 heteroatoms. The third-order valence-electron chi connectivity index (χ3n) is 3.46. The van der Waals surface area contributed by atoms with E-state index >= 15 is 0 Å². The molecule has 2 aromatic rings. The van der Waals surface area contributed by atoms with Crippen molar-refractivity contribution in [2.45, 2.75) is 6.42 Å². The van der Waals surface area contributed by atoms with E-state index in [0.29, 0.717) is 11.3 Å². The van der Waals surface area contributed by atoms with E-state index in [1.807, 2.05) is 0 Å². The number of benzene rings is 2. The number of halogens is 1. The molecule has 0 aromatic heterocycles. The van der Waals surface area contributed by atoms with Gasteiger partial charge in [-0.25, -0.2) is 9.18 Å². The first-order valence-corrected chi connectivity index (χ1v) is 7.99. The molecule has 2 rings (SSSR count). The summed E-state index contributed by atoms with van der Waals surface area (Å²) in [5, 5.41) is 0. The van der Waals surface area contributed by atoms with Crippen molar-refractivity contribution in [3.8, 4) is 28.7 Å². The van der Waals surface area contributed by atoms with Gasteiger partial charge < -0.3 is 9.47 Å². The molecule has 0 aliphatic heterocycles. The van der Waals surface area contributed by atoms with E-state index in [0.717, 1.165) is 11.6 Å². The maximum atomic E-state index is 14.2. The molecule has 2 aromatic carbocycles. The van der Waals surface area contributed by atoms with Gasteiger partial charge in [0.2, 0.25) is 6.79 Å². The summed E-state index contributed by atoms with van der Waals surface area (Å²) in [6.07, 6.45) is 2.24. The van der Waals surface area contributed by atoms with Crippen LogP contribution in [0.4, 0.5) is 4.39 Å². The Morgan fingerprint density at radius 3 is 2.37 bits per heavy atom. The van der Waals surface area contributed by atoms with E-state index in [1.54, 1.807) is 36.4 Å². The molecule has 0 fully saturated rings. The highest BCUT2D eigenvalue weighted by molar-refractivity contribution is 5.90. The van der Waals surface area contributed by atoms with Crippen LogP contribution in [-0.2, 0) is 14.3 Å². The van der Waals surface area contributed by atoms with Crippen molar-refractivity contribution in [1.82, 2.24) is 0 Å². The first-order valence-electron chi connectivity index (χ1n) is 7.99. The fourth-order valence-electron chi connectivity index (χ4n) is 2.05. The van der Waals surface area contributed by atoms with Crippen LogP contribution in [0.3, 0.4) is 0 Å². The van der Waals surface area contributed by atoms with Crippen molar-refractivity contribution in [3.63, 3.8) is 0 Å². The van der Waals surface area contributed by atoms with E-state index < -0.39 is 11.8 Å². The van der Waals surface area contributed by atoms with Crippen molar-refractivity contribution in [2.24, 2.45) is 0 Å². The minimum Gasteiger partial charge on any atom is -0.457 e. The lowest BCUT2D eigenvalue weighted by Gasteiger charge is -2.07. The largest absolute Gasteiger partial charge is 0.457 e. The summed E-state index contributed by atoms with van der Waals surface area (Å²) < 4.78 is 24.2. The number of ether oxygens (including phenoxy) is 2. The topological polar surface area (TPSA) is 52.6 Å². The number of carbonyl (C=O) groups is 2. The molecule has 0 N–H and O–H groups in total. The van der Waals surface area contributed by atoms with Gasteiger partial charge in [0.1, 0.15) is 11.6 Å². The second-order valence-electron chi connectivity index (χ2n) is 5.30. The molecule has 0 unspecified atom stereocenters. The highest BCUT2D eigenvalue weighted by Crippen LogP contribution is 2.24. The molecule has 0 spiro atoms. The molecule has 0 amide bonds. The Balaban J connectivity index is 2.04. The maximum absolute atomic E-state index is 14.2. The fourth-order valence-corrected chi connectivity index (χ4v) is 2.05. The molecule has 136 valence electrons. The monoisotopic (exact) mass is 364 g/mol. The zero-order valence-corrected chi connectivity index (χ0v) is 14.5. The molecular formula is C22H17FO4. The highest BCUT2D eigenvalue weighted by atomic mass is 19.1. The molecule has 0 radical (unpaired) electrons. The van der Waals surface area contributed by atoms with E-state index in [1.165, 1.54) is 12.1 Å². The second kappa shape index (κ2) is 9.73. The van der Waals surface area contributed by atoms with Gasteiger partial charge in [-0.3, -0.25) is 4.79 Å². The molecule has 0 aliphatic rings. The standard InChI is InChI=1S/C22H17FO4/c1-3-19(24)7-5-6-17-8-9-18(14-21(17)23)16-10-12-20(13-11-16)26-15-27-22(25)4-2/h3-4,8-14H,1-2,7,15H2. The van der Waals surface area contributed by atoms with Gasteiger partial charge in [0.15, 0.2) is 5.78 Å². The van der Waals surface area contributed by atoms with Crippen LogP contribution in [0, 0.1) is 17.7 Å². The van der Waals surface area contributed by atoms with E-state index in [-0.39, 0.29) is 24.6 Å². The van der Waals surface area contributed by atoms with Crippen LogP contribution in [0.5, 0.6) is 5.75 Å². The van der Waals surface area contributed by atoms with Crippen LogP contribution in [0.2, 0.25) is 0 Å². The number of rotatable bonds is 7. The van der Waals surface area contributed by atoms with Crippen LogP contribution in [-0.4, -0.2) is 18.5 Å². The van der Waals surface area contributed by atoms with Crippen molar-refractivity contribution in [2.75, 3.05) is 6.79 Å². The van der Waals surface area contributed by atoms with Gasteiger partial charge in [-0.15, -0.1) is 0 Å². The normalized spacial score (nSPS) is 9.52. The molecule has 4 nitrogen and oxygen atoms in total. The Hall–Kier alpha value is -3.65. The first kappa shape index (κ1) is 19.7. The number of carbonyl (C=O) groups excluding carboxylic acids is 2. The first-order chi connectivity index (χ1) is 13.0. The van der Waals surface area contributed by atoms with Crippen LogP contribution < -0.4 is 4.74 Å². The van der Waals surface area contributed by atoms with Gasteiger partial charge >= 0.3 is 5.97 Å². The van der Waals surface area contributed by atoms with Gasteiger partial charge in [-0.2, -0.15) is 0 Å². The number of allylic oxidation sites excluding steroid dienone is 1. The smallest absolute Gasteiger partial charge is 0.333 e. The van der Waals surface area contributed by atoms with Gasteiger partial charge in [-0.1, -0.05) is 43.2 Å². The molecule has 27 heavy (non-hydrogen) atoms. The lowest BCUT2D eigenvalue weighted by atomic mass is 10.0. The fraction of sp³-hybridized carbons (Fsp3) is 0.0909. The summed E-state index contributed by atoms with van der Waals surface area (Å²) in [6, 6.07) is 11.6. The quantitative estimate of drug-likeness (QED) is 0.322. The van der Waals surface area contributed by atoms with E-state index in [2.05, 4.69) is 25.0 Å². The Morgan fingerprint density at radius 1 is 1.04 bits per heavy atom. The lowest BCUT2D eigenvalue weighted by Crippen LogP contribution is -2.07. The maximum Gasteiger partial charge on any atom is 0.333 e. The summed E-state index contributed by atoms with van der Waals surface area (Å²) in [7, 11) is 0.